The zero-order valence-corrected chi connectivity index (χ0v) is 16.9. The average molecular weight is 393 g/mol. The zero-order valence-electron chi connectivity index (χ0n) is 16.9. The number of carbonyl (C=O) groups is 2. The molecule has 2 aromatic rings. The Bertz CT molecular complexity index is 989. The van der Waals surface area contributed by atoms with Gasteiger partial charge in [-0.15, -0.1) is 0 Å². The number of nitrogens with zero attached hydrogens (tertiary/aromatic N) is 1. The lowest BCUT2D eigenvalue weighted by Gasteiger charge is -2.18. The Kier molecular flexibility index (Phi) is 6.02. The van der Waals surface area contributed by atoms with Crippen LogP contribution in [0.4, 0.5) is 0 Å². The summed E-state index contributed by atoms with van der Waals surface area (Å²) in [7, 11) is 4.49. The molecule has 0 fully saturated rings. The van der Waals surface area contributed by atoms with Crippen LogP contribution in [0.25, 0.3) is 6.08 Å². The standard InChI is InChI=1S/C23H23NO5/c1-15-21(23(26)29-4)20(13-17-6-5-7-19(12-17)28-3)22(25)24(15)14-16-8-10-18(27-2)11-9-16/h5-13H,14H2,1-4H3/b20-13-. The molecule has 0 spiro atoms. The minimum Gasteiger partial charge on any atom is -0.497 e. The summed E-state index contributed by atoms with van der Waals surface area (Å²) < 4.78 is 15.4. The first-order valence-corrected chi connectivity index (χ1v) is 9.08. The fraction of sp³-hybridized carbons (Fsp3) is 0.217. The van der Waals surface area contributed by atoms with E-state index in [0.717, 1.165) is 16.9 Å². The molecule has 0 aliphatic carbocycles. The predicted molar refractivity (Wildman–Crippen MR) is 109 cm³/mol. The molecule has 0 radical (unpaired) electrons. The van der Waals surface area contributed by atoms with Gasteiger partial charge in [0.2, 0.25) is 0 Å². The van der Waals surface area contributed by atoms with E-state index < -0.39 is 5.97 Å². The first-order chi connectivity index (χ1) is 14.0. The highest BCUT2D eigenvalue weighted by atomic mass is 16.5. The minimum absolute atomic E-state index is 0.249. The second-order valence-electron chi connectivity index (χ2n) is 6.53. The van der Waals surface area contributed by atoms with Crippen LogP contribution in [0.2, 0.25) is 0 Å². The number of methoxy groups -OCH3 is 3. The molecule has 1 amide bonds. The number of benzene rings is 2. The van der Waals surface area contributed by atoms with Crippen molar-refractivity contribution < 1.29 is 23.8 Å². The highest BCUT2D eigenvalue weighted by Gasteiger charge is 2.36. The van der Waals surface area contributed by atoms with Crippen LogP contribution in [0.15, 0.2) is 65.4 Å². The van der Waals surface area contributed by atoms with E-state index in [2.05, 4.69) is 0 Å². The Morgan fingerprint density at radius 1 is 1.00 bits per heavy atom. The van der Waals surface area contributed by atoms with E-state index in [1.807, 2.05) is 42.5 Å². The molecule has 29 heavy (non-hydrogen) atoms. The van der Waals surface area contributed by atoms with Gasteiger partial charge < -0.3 is 19.1 Å². The van der Waals surface area contributed by atoms with Crippen molar-refractivity contribution >= 4 is 18.0 Å². The second kappa shape index (κ2) is 8.65. The number of ether oxygens (including phenoxy) is 3. The highest BCUT2D eigenvalue weighted by Crippen LogP contribution is 2.33. The molecule has 0 N–H and O–H groups in total. The summed E-state index contributed by atoms with van der Waals surface area (Å²) in [6, 6.07) is 14.7. The molecule has 1 aliphatic heterocycles. The van der Waals surface area contributed by atoms with Crippen LogP contribution in [-0.2, 0) is 20.9 Å². The second-order valence-corrected chi connectivity index (χ2v) is 6.53. The molecule has 0 aromatic heterocycles. The number of esters is 1. The summed E-state index contributed by atoms with van der Waals surface area (Å²) in [6.07, 6.45) is 1.69. The maximum absolute atomic E-state index is 13.2. The van der Waals surface area contributed by atoms with Gasteiger partial charge in [-0.05, 0) is 48.4 Å². The highest BCUT2D eigenvalue weighted by molar-refractivity contribution is 6.16. The van der Waals surface area contributed by atoms with E-state index in [-0.39, 0.29) is 11.5 Å². The van der Waals surface area contributed by atoms with Crippen LogP contribution in [-0.4, -0.2) is 38.1 Å². The predicted octanol–water partition coefficient (Wildman–Crippen LogP) is 3.58. The summed E-state index contributed by atoms with van der Waals surface area (Å²) in [6.45, 7) is 2.09. The number of hydrogen-bond acceptors (Lipinski definition) is 5. The Balaban J connectivity index is 1.99. The average Bonchev–Trinajstić information content (AvgIpc) is 2.98. The smallest absolute Gasteiger partial charge is 0.340 e. The molecule has 6 heteroatoms. The lowest BCUT2D eigenvalue weighted by atomic mass is 10.0. The summed E-state index contributed by atoms with van der Waals surface area (Å²) in [5.74, 6) is 0.617. The van der Waals surface area contributed by atoms with Crippen molar-refractivity contribution in [2.24, 2.45) is 0 Å². The molecule has 0 saturated heterocycles. The van der Waals surface area contributed by atoms with Crippen molar-refractivity contribution in [3.8, 4) is 11.5 Å². The van der Waals surface area contributed by atoms with Gasteiger partial charge in [0.05, 0.1) is 39.0 Å². The molecule has 1 heterocycles. The fourth-order valence-corrected chi connectivity index (χ4v) is 3.23. The fourth-order valence-electron chi connectivity index (χ4n) is 3.23. The number of allylic oxidation sites excluding steroid dienone is 1. The molecular weight excluding hydrogens is 370 g/mol. The quantitative estimate of drug-likeness (QED) is 0.554. The molecule has 0 atom stereocenters. The number of carbonyl (C=O) groups excluding carboxylic acids is 2. The van der Waals surface area contributed by atoms with Gasteiger partial charge in [-0.3, -0.25) is 4.79 Å². The van der Waals surface area contributed by atoms with Gasteiger partial charge in [0.15, 0.2) is 0 Å². The summed E-state index contributed by atoms with van der Waals surface area (Å²) in [5, 5.41) is 0. The van der Waals surface area contributed by atoms with Gasteiger partial charge in [0.25, 0.3) is 5.91 Å². The van der Waals surface area contributed by atoms with Crippen molar-refractivity contribution in [3.63, 3.8) is 0 Å². The van der Waals surface area contributed by atoms with Crippen molar-refractivity contribution in [1.29, 1.82) is 0 Å². The van der Waals surface area contributed by atoms with Crippen LogP contribution in [0.5, 0.6) is 11.5 Å². The minimum atomic E-state index is -0.540. The summed E-state index contributed by atoms with van der Waals surface area (Å²) in [4.78, 5) is 27.2. The van der Waals surface area contributed by atoms with E-state index in [0.29, 0.717) is 23.6 Å². The number of amides is 1. The zero-order chi connectivity index (χ0) is 21.0. The van der Waals surface area contributed by atoms with Crippen molar-refractivity contribution in [2.45, 2.75) is 13.5 Å². The monoisotopic (exact) mass is 393 g/mol. The lowest BCUT2D eigenvalue weighted by Crippen LogP contribution is -2.24. The van der Waals surface area contributed by atoms with E-state index in [4.69, 9.17) is 14.2 Å². The Morgan fingerprint density at radius 3 is 2.31 bits per heavy atom. The topological polar surface area (TPSA) is 65.1 Å². The molecule has 150 valence electrons. The van der Waals surface area contributed by atoms with Crippen LogP contribution in [0.1, 0.15) is 18.1 Å². The number of hydrogen-bond donors (Lipinski definition) is 0. The van der Waals surface area contributed by atoms with Gasteiger partial charge >= 0.3 is 5.97 Å². The largest absolute Gasteiger partial charge is 0.497 e. The molecule has 1 aliphatic rings. The third-order valence-corrected chi connectivity index (χ3v) is 4.81. The molecule has 0 unspecified atom stereocenters. The lowest BCUT2D eigenvalue weighted by molar-refractivity contribution is -0.136. The van der Waals surface area contributed by atoms with Crippen LogP contribution in [0, 0.1) is 0 Å². The Hall–Kier alpha value is -3.54. The first kappa shape index (κ1) is 20.2. The van der Waals surface area contributed by atoms with Crippen molar-refractivity contribution in [2.75, 3.05) is 21.3 Å². The molecule has 0 saturated carbocycles. The maximum atomic E-state index is 13.2. The van der Waals surface area contributed by atoms with E-state index in [1.165, 1.54) is 7.11 Å². The molecular formula is C23H23NO5. The van der Waals surface area contributed by atoms with Gasteiger partial charge in [-0.2, -0.15) is 0 Å². The summed E-state index contributed by atoms with van der Waals surface area (Å²) in [5.41, 5.74) is 2.82. The molecule has 0 bridgehead atoms. The first-order valence-electron chi connectivity index (χ1n) is 9.08. The SMILES string of the molecule is COC(=O)C1=C(C)N(Cc2ccc(OC)cc2)C(=O)/C1=C\c1cccc(OC)c1. The van der Waals surface area contributed by atoms with Gasteiger partial charge in [0, 0.05) is 5.70 Å². The van der Waals surface area contributed by atoms with Crippen LogP contribution >= 0.6 is 0 Å². The van der Waals surface area contributed by atoms with E-state index in [1.54, 1.807) is 38.2 Å². The third-order valence-electron chi connectivity index (χ3n) is 4.81. The van der Waals surface area contributed by atoms with Gasteiger partial charge in [-0.25, -0.2) is 4.79 Å². The van der Waals surface area contributed by atoms with Crippen LogP contribution in [0.3, 0.4) is 0 Å². The van der Waals surface area contributed by atoms with Gasteiger partial charge in [0.1, 0.15) is 11.5 Å². The third kappa shape index (κ3) is 4.16. The molecule has 3 rings (SSSR count). The summed E-state index contributed by atoms with van der Waals surface area (Å²) >= 11 is 0. The maximum Gasteiger partial charge on any atom is 0.340 e. The normalized spacial score (nSPS) is 15.1. The number of rotatable bonds is 6. The Labute approximate surface area is 170 Å². The van der Waals surface area contributed by atoms with Crippen molar-refractivity contribution in [3.05, 3.63) is 76.5 Å². The Morgan fingerprint density at radius 2 is 1.69 bits per heavy atom. The molecule has 6 nitrogen and oxygen atoms in total. The van der Waals surface area contributed by atoms with Crippen LogP contribution < -0.4 is 9.47 Å². The van der Waals surface area contributed by atoms with Crippen molar-refractivity contribution in [1.82, 2.24) is 4.90 Å². The van der Waals surface area contributed by atoms with E-state index in [9.17, 15) is 9.59 Å². The van der Waals surface area contributed by atoms with Gasteiger partial charge in [-0.1, -0.05) is 24.3 Å². The van der Waals surface area contributed by atoms with E-state index >= 15 is 0 Å². The molecule has 2 aromatic carbocycles.